The Bertz CT molecular complexity index is 848. The summed E-state index contributed by atoms with van der Waals surface area (Å²) in [6.45, 7) is 2.16. The molecule has 0 amide bonds. The number of amidine groups is 1. The molecule has 8 heteroatoms. The largest absolute Gasteiger partial charge is 0.379 e. The summed E-state index contributed by atoms with van der Waals surface area (Å²) in [4.78, 5) is 12.4. The highest BCUT2D eigenvalue weighted by atomic mass is 32.2. The number of aromatic nitrogens is 2. The van der Waals surface area contributed by atoms with Gasteiger partial charge >= 0.3 is 0 Å². The van der Waals surface area contributed by atoms with Crippen LogP contribution in [0.4, 0.5) is 8.78 Å². The second-order valence-electron chi connectivity index (χ2n) is 6.25. The van der Waals surface area contributed by atoms with Crippen molar-refractivity contribution in [3.05, 3.63) is 48.1 Å². The molecule has 0 aliphatic carbocycles. The summed E-state index contributed by atoms with van der Waals surface area (Å²) in [5.41, 5.74) is 6.00. The maximum absolute atomic E-state index is 14.8. The van der Waals surface area contributed by atoms with Crippen molar-refractivity contribution in [1.82, 2.24) is 9.97 Å². The SMILES string of the molecule is C[C@H]1OCC2(c3cc(-c4cncnc4)c(F)cc3F)N=C(N)SC[C@H]12. The molecule has 0 saturated carbocycles. The van der Waals surface area contributed by atoms with Crippen LogP contribution < -0.4 is 5.73 Å². The van der Waals surface area contributed by atoms with Gasteiger partial charge in [0.2, 0.25) is 0 Å². The van der Waals surface area contributed by atoms with Crippen LogP contribution in [0.5, 0.6) is 0 Å². The Kier molecular flexibility index (Phi) is 3.96. The maximum Gasteiger partial charge on any atom is 0.154 e. The highest BCUT2D eigenvalue weighted by molar-refractivity contribution is 8.13. The van der Waals surface area contributed by atoms with Gasteiger partial charge in [0, 0.05) is 46.8 Å². The highest BCUT2D eigenvalue weighted by Gasteiger charge is 2.52. The van der Waals surface area contributed by atoms with E-state index in [1.54, 1.807) is 0 Å². The maximum atomic E-state index is 14.8. The van der Waals surface area contributed by atoms with Crippen molar-refractivity contribution in [2.24, 2.45) is 16.6 Å². The van der Waals surface area contributed by atoms with Crippen molar-refractivity contribution in [3.63, 3.8) is 0 Å². The Labute approximate surface area is 147 Å². The minimum atomic E-state index is -0.934. The molecule has 1 unspecified atom stereocenters. The molecule has 4 rings (SSSR count). The number of hydrogen-bond acceptors (Lipinski definition) is 6. The minimum absolute atomic E-state index is 0.0374. The van der Waals surface area contributed by atoms with E-state index in [-0.39, 0.29) is 24.2 Å². The van der Waals surface area contributed by atoms with E-state index in [1.165, 1.54) is 36.5 Å². The number of aliphatic imine (C=N–C) groups is 1. The Morgan fingerprint density at radius 1 is 1.24 bits per heavy atom. The van der Waals surface area contributed by atoms with Gasteiger partial charge in [-0.2, -0.15) is 0 Å². The zero-order chi connectivity index (χ0) is 17.6. The molecular weight excluding hydrogens is 346 g/mol. The third kappa shape index (κ3) is 2.60. The summed E-state index contributed by atoms with van der Waals surface area (Å²) < 4.78 is 34.9. The molecule has 25 heavy (non-hydrogen) atoms. The monoisotopic (exact) mass is 362 g/mol. The van der Waals surface area contributed by atoms with Gasteiger partial charge in [0.15, 0.2) is 5.17 Å². The van der Waals surface area contributed by atoms with E-state index < -0.39 is 17.2 Å². The number of thioether (sulfide) groups is 1. The fourth-order valence-corrected chi connectivity index (χ4v) is 4.66. The molecule has 3 atom stereocenters. The summed E-state index contributed by atoms with van der Waals surface area (Å²) in [5.74, 6) is -0.677. The van der Waals surface area contributed by atoms with Gasteiger partial charge in [-0.1, -0.05) is 11.8 Å². The van der Waals surface area contributed by atoms with Gasteiger partial charge in [0.05, 0.1) is 12.7 Å². The molecule has 2 aromatic rings. The molecule has 0 bridgehead atoms. The van der Waals surface area contributed by atoms with E-state index >= 15 is 0 Å². The Morgan fingerprint density at radius 2 is 2.00 bits per heavy atom. The highest BCUT2D eigenvalue weighted by Crippen LogP contribution is 2.48. The van der Waals surface area contributed by atoms with E-state index in [9.17, 15) is 8.78 Å². The smallest absolute Gasteiger partial charge is 0.154 e. The van der Waals surface area contributed by atoms with Crippen molar-refractivity contribution in [2.75, 3.05) is 12.4 Å². The third-order valence-corrected chi connectivity index (χ3v) is 5.77. The molecule has 1 aromatic heterocycles. The Morgan fingerprint density at radius 3 is 2.76 bits per heavy atom. The predicted molar refractivity (Wildman–Crippen MR) is 92.0 cm³/mol. The molecular formula is C17H16F2N4OS. The predicted octanol–water partition coefficient (Wildman–Crippen LogP) is 2.71. The van der Waals surface area contributed by atoms with Crippen LogP contribution in [0.25, 0.3) is 11.1 Å². The summed E-state index contributed by atoms with van der Waals surface area (Å²) in [6, 6.07) is 2.38. The number of nitrogens with two attached hydrogens (primary N) is 1. The van der Waals surface area contributed by atoms with Gasteiger partial charge in [-0.25, -0.2) is 23.7 Å². The van der Waals surface area contributed by atoms with Crippen molar-refractivity contribution < 1.29 is 13.5 Å². The second-order valence-corrected chi connectivity index (χ2v) is 7.29. The molecule has 5 nitrogen and oxygen atoms in total. The molecule has 1 aromatic carbocycles. The standard InChI is InChI=1S/C17H16F2N4OS/c1-9-13-6-25-16(20)23-17(13,7-24-9)12-2-11(14(18)3-15(12)19)10-4-21-8-22-5-10/h2-5,8-9,13H,6-7H2,1H3,(H2,20,23)/t9-,13-,17?/m1/s1. The molecule has 130 valence electrons. The zero-order valence-electron chi connectivity index (χ0n) is 13.4. The number of halogens is 2. The molecule has 1 saturated heterocycles. The summed E-state index contributed by atoms with van der Waals surface area (Å²) in [6.07, 6.45) is 4.25. The zero-order valence-corrected chi connectivity index (χ0v) is 14.3. The molecule has 0 spiro atoms. The van der Waals surface area contributed by atoms with Crippen LogP contribution in [0.3, 0.4) is 0 Å². The normalized spacial score (nSPS) is 28.5. The van der Waals surface area contributed by atoms with Crippen LogP contribution in [-0.2, 0) is 10.3 Å². The van der Waals surface area contributed by atoms with Crippen LogP contribution in [0.1, 0.15) is 12.5 Å². The molecule has 1 fully saturated rings. The molecule has 3 heterocycles. The Balaban J connectivity index is 1.92. The van der Waals surface area contributed by atoms with E-state index in [1.807, 2.05) is 6.92 Å². The first-order valence-corrected chi connectivity index (χ1v) is 8.84. The van der Waals surface area contributed by atoms with Gasteiger partial charge in [-0.3, -0.25) is 0 Å². The molecule has 2 N–H and O–H groups in total. The average Bonchev–Trinajstić information content (AvgIpc) is 2.92. The van der Waals surface area contributed by atoms with Crippen molar-refractivity contribution in [3.8, 4) is 11.1 Å². The lowest BCUT2D eigenvalue weighted by Gasteiger charge is -2.35. The Hall–Kier alpha value is -2.06. The average molecular weight is 362 g/mol. The van der Waals surface area contributed by atoms with Gasteiger partial charge in [-0.15, -0.1) is 0 Å². The molecule has 0 radical (unpaired) electrons. The number of hydrogen-bond donors (Lipinski definition) is 1. The lowest BCUT2D eigenvalue weighted by atomic mass is 9.78. The van der Waals surface area contributed by atoms with Crippen LogP contribution >= 0.6 is 11.8 Å². The van der Waals surface area contributed by atoms with E-state index in [0.717, 1.165) is 6.07 Å². The number of ether oxygens (including phenoxy) is 1. The van der Waals surface area contributed by atoms with E-state index in [0.29, 0.717) is 22.0 Å². The first-order valence-electron chi connectivity index (χ1n) is 7.86. The third-order valence-electron chi connectivity index (χ3n) is 4.86. The number of fused-ring (bicyclic) bond motifs is 1. The molecule has 2 aliphatic rings. The first-order chi connectivity index (χ1) is 12.0. The number of rotatable bonds is 2. The van der Waals surface area contributed by atoms with E-state index in [4.69, 9.17) is 10.5 Å². The number of nitrogens with zero attached hydrogens (tertiary/aromatic N) is 3. The fourth-order valence-electron chi connectivity index (χ4n) is 3.54. The number of benzene rings is 1. The lowest BCUT2D eigenvalue weighted by molar-refractivity contribution is 0.107. The van der Waals surface area contributed by atoms with Gasteiger partial charge in [0.25, 0.3) is 0 Å². The van der Waals surface area contributed by atoms with Crippen molar-refractivity contribution in [2.45, 2.75) is 18.6 Å². The van der Waals surface area contributed by atoms with Crippen LogP contribution in [-0.4, -0.2) is 33.6 Å². The van der Waals surface area contributed by atoms with Crippen LogP contribution in [0.15, 0.2) is 35.8 Å². The van der Waals surface area contributed by atoms with Crippen LogP contribution in [0, 0.1) is 17.6 Å². The molecule has 2 aliphatic heterocycles. The van der Waals surface area contributed by atoms with Crippen molar-refractivity contribution in [1.29, 1.82) is 0 Å². The summed E-state index contributed by atoms with van der Waals surface area (Å²) in [7, 11) is 0. The van der Waals surface area contributed by atoms with Gasteiger partial charge in [-0.05, 0) is 13.0 Å². The fraction of sp³-hybridized carbons (Fsp3) is 0.353. The minimum Gasteiger partial charge on any atom is -0.379 e. The summed E-state index contributed by atoms with van der Waals surface area (Å²) in [5, 5.41) is 0.391. The second kappa shape index (κ2) is 6.03. The van der Waals surface area contributed by atoms with E-state index in [2.05, 4.69) is 15.0 Å². The quantitative estimate of drug-likeness (QED) is 0.889. The lowest BCUT2D eigenvalue weighted by Crippen LogP contribution is -2.41. The summed E-state index contributed by atoms with van der Waals surface area (Å²) >= 11 is 1.43. The van der Waals surface area contributed by atoms with Gasteiger partial charge < -0.3 is 10.5 Å². The van der Waals surface area contributed by atoms with Gasteiger partial charge in [0.1, 0.15) is 23.5 Å². The first kappa shape index (κ1) is 16.4. The van der Waals surface area contributed by atoms with Crippen LogP contribution in [0.2, 0.25) is 0 Å². The van der Waals surface area contributed by atoms with Crippen molar-refractivity contribution >= 4 is 16.9 Å². The topological polar surface area (TPSA) is 73.4 Å².